The highest BCUT2D eigenvalue weighted by Crippen LogP contribution is 2.25. The average Bonchev–Trinajstić information content (AvgIpc) is 2.31. The summed E-state index contributed by atoms with van der Waals surface area (Å²) in [5.41, 5.74) is 6.04. The standard InChI is InChI=1S/C14H20F2N2O2/c1-8(17)5-10-6-11(15)13(12(16)7-10)20-9(2)14(19)18(3)4/h6-9H,5,17H2,1-4H3. The SMILES string of the molecule is CC(N)Cc1cc(F)c(OC(C)C(=O)N(C)C)c(F)c1. The van der Waals surface area contributed by atoms with Crippen LogP contribution < -0.4 is 10.5 Å². The van der Waals surface area contributed by atoms with E-state index in [1.165, 1.54) is 24.0 Å². The fourth-order valence-corrected chi connectivity index (χ4v) is 1.81. The van der Waals surface area contributed by atoms with E-state index in [9.17, 15) is 13.6 Å². The van der Waals surface area contributed by atoms with E-state index in [1.807, 2.05) is 0 Å². The monoisotopic (exact) mass is 286 g/mol. The van der Waals surface area contributed by atoms with E-state index in [-0.39, 0.29) is 11.9 Å². The van der Waals surface area contributed by atoms with Crippen molar-refractivity contribution in [3.05, 3.63) is 29.3 Å². The first-order valence-corrected chi connectivity index (χ1v) is 6.33. The second kappa shape index (κ2) is 6.65. The maximum Gasteiger partial charge on any atom is 0.262 e. The lowest BCUT2D eigenvalue weighted by Crippen LogP contribution is -2.35. The molecule has 6 heteroatoms. The molecule has 112 valence electrons. The van der Waals surface area contributed by atoms with Gasteiger partial charge in [-0.05, 0) is 38.0 Å². The van der Waals surface area contributed by atoms with Crippen molar-refractivity contribution in [2.75, 3.05) is 14.1 Å². The highest BCUT2D eigenvalue weighted by Gasteiger charge is 2.21. The fourth-order valence-electron chi connectivity index (χ4n) is 1.81. The molecule has 2 atom stereocenters. The molecule has 2 unspecified atom stereocenters. The number of amides is 1. The first kappa shape index (κ1) is 16.4. The molecule has 0 spiro atoms. The summed E-state index contributed by atoms with van der Waals surface area (Å²) in [6.45, 7) is 3.19. The molecule has 2 N–H and O–H groups in total. The maximum atomic E-state index is 13.9. The zero-order valence-corrected chi connectivity index (χ0v) is 12.1. The van der Waals surface area contributed by atoms with Crippen LogP contribution >= 0.6 is 0 Å². The van der Waals surface area contributed by atoms with E-state index < -0.39 is 23.5 Å². The molecular formula is C14H20F2N2O2. The Kier molecular flexibility index (Phi) is 5.44. The zero-order chi connectivity index (χ0) is 15.4. The highest BCUT2D eigenvalue weighted by atomic mass is 19.1. The quantitative estimate of drug-likeness (QED) is 0.896. The van der Waals surface area contributed by atoms with Gasteiger partial charge in [-0.25, -0.2) is 8.78 Å². The van der Waals surface area contributed by atoms with Gasteiger partial charge in [-0.15, -0.1) is 0 Å². The molecule has 1 rings (SSSR count). The number of nitrogens with zero attached hydrogens (tertiary/aromatic N) is 1. The van der Waals surface area contributed by atoms with Gasteiger partial charge in [0.1, 0.15) is 0 Å². The topological polar surface area (TPSA) is 55.6 Å². The van der Waals surface area contributed by atoms with Crippen molar-refractivity contribution in [2.45, 2.75) is 32.4 Å². The second-order valence-electron chi connectivity index (χ2n) is 5.06. The van der Waals surface area contributed by atoms with Gasteiger partial charge < -0.3 is 15.4 Å². The van der Waals surface area contributed by atoms with Crippen LogP contribution in [0.4, 0.5) is 8.78 Å². The third kappa shape index (κ3) is 4.16. The first-order chi connectivity index (χ1) is 9.22. The number of hydrogen-bond acceptors (Lipinski definition) is 3. The van der Waals surface area contributed by atoms with Crippen LogP contribution in [-0.4, -0.2) is 37.0 Å². The smallest absolute Gasteiger partial charge is 0.262 e. The van der Waals surface area contributed by atoms with Gasteiger partial charge in [0.05, 0.1) is 0 Å². The number of carbonyl (C=O) groups is 1. The minimum absolute atomic E-state index is 0.199. The van der Waals surface area contributed by atoms with Gasteiger partial charge in [0.25, 0.3) is 5.91 Å². The highest BCUT2D eigenvalue weighted by molar-refractivity contribution is 5.80. The zero-order valence-electron chi connectivity index (χ0n) is 12.1. The normalized spacial score (nSPS) is 13.8. The second-order valence-corrected chi connectivity index (χ2v) is 5.06. The van der Waals surface area contributed by atoms with Crippen LogP contribution in [0.2, 0.25) is 0 Å². The van der Waals surface area contributed by atoms with Crippen LogP contribution in [0, 0.1) is 11.6 Å². The van der Waals surface area contributed by atoms with Gasteiger partial charge in [0.15, 0.2) is 23.5 Å². The van der Waals surface area contributed by atoms with E-state index in [0.29, 0.717) is 12.0 Å². The lowest BCUT2D eigenvalue weighted by molar-refractivity contribution is -0.135. The van der Waals surface area contributed by atoms with Crippen LogP contribution in [0.3, 0.4) is 0 Å². The third-order valence-electron chi connectivity index (χ3n) is 2.70. The predicted octanol–water partition coefficient (Wildman–Crippen LogP) is 1.71. The molecule has 1 amide bonds. The number of hydrogen-bond donors (Lipinski definition) is 1. The van der Waals surface area contributed by atoms with Crippen molar-refractivity contribution in [3.63, 3.8) is 0 Å². The largest absolute Gasteiger partial charge is 0.475 e. The molecule has 0 bridgehead atoms. The van der Waals surface area contributed by atoms with Crippen molar-refractivity contribution in [3.8, 4) is 5.75 Å². The Morgan fingerprint density at radius 1 is 1.30 bits per heavy atom. The van der Waals surface area contributed by atoms with Crippen molar-refractivity contribution in [2.24, 2.45) is 5.73 Å². The Labute approximate surface area is 117 Å². The number of ether oxygens (including phenoxy) is 1. The molecule has 1 aromatic carbocycles. The number of nitrogens with two attached hydrogens (primary N) is 1. The molecule has 0 heterocycles. The minimum atomic E-state index is -0.965. The fraction of sp³-hybridized carbons (Fsp3) is 0.500. The molecule has 0 saturated heterocycles. The predicted molar refractivity (Wildman–Crippen MR) is 72.5 cm³/mol. The molecule has 0 aliphatic carbocycles. The third-order valence-corrected chi connectivity index (χ3v) is 2.70. The summed E-state index contributed by atoms with van der Waals surface area (Å²) >= 11 is 0. The van der Waals surface area contributed by atoms with E-state index in [0.717, 1.165) is 0 Å². The van der Waals surface area contributed by atoms with Crippen LogP contribution in [0.5, 0.6) is 5.75 Å². The molecule has 0 aliphatic rings. The lowest BCUT2D eigenvalue weighted by atomic mass is 10.1. The molecule has 20 heavy (non-hydrogen) atoms. The van der Waals surface area contributed by atoms with Gasteiger partial charge in [-0.1, -0.05) is 0 Å². The van der Waals surface area contributed by atoms with Gasteiger partial charge in [-0.3, -0.25) is 4.79 Å². The average molecular weight is 286 g/mol. The lowest BCUT2D eigenvalue weighted by Gasteiger charge is -2.19. The number of likely N-dealkylation sites (N-methyl/N-ethyl adjacent to an activating group) is 1. The molecule has 0 aliphatic heterocycles. The Balaban J connectivity index is 2.94. The molecule has 0 fully saturated rings. The summed E-state index contributed by atoms with van der Waals surface area (Å²) in [7, 11) is 3.08. The summed E-state index contributed by atoms with van der Waals surface area (Å²) in [5, 5.41) is 0. The van der Waals surface area contributed by atoms with Gasteiger partial charge >= 0.3 is 0 Å². The molecule has 0 aromatic heterocycles. The Morgan fingerprint density at radius 3 is 2.20 bits per heavy atom. The van der Waals surface area contributed by atoms with E-state index in [2.05, 4.69) is 0 Å². The molecule has 0 radical (unpaired) electrons. The van der Waals surface area contributed by atoms with Crippen molar-refractivity contribution in [1.82, 2.24) is 4.90 Å². The maximum absolute atomic E-state index is 13.9. The minimum Gasteiger partial charge on any atom is -0.475 e. The van der Waals surface area contributed by atoms with Crippen molar-refractivity contribution in [1.29, 1.82) is 0 Å². The number of halogens is 2. The van der Waals surface area contributed by atoms with Crippen LogP contribution in [0.25, 0.3) is 0 Å². The molecule has 4 nitrogen and oxygen atoms in total. The Morgan fingerprint density at radius 2 is 1.80 bits per heavy atom. The summed E-state index contributed by atoms with van der Waals surface area (Å²) < 4.78 is 32.8. The summed E-state index contributed by atoms with van der Waals surface area (Å²) in [6, 6.07) is 2.15. The summed E-state index contributed by atoms with van der Waals surface area (Å²) in [4.78, 5) is 12.9. The van der Waals surface area contributed by atoms with Crippen LogP contribution in [0.1, 0.15) is 19.4 Å². The first-order valence-electron chi connectivity index (χ1n) is 6.33. The van der Waals surface area contributed by atoms with Gasteiger partial charge in [0, 0.05) is 20.1 Å². The van der Waals surface area contributed by atoms with E-state index >= 15 is 0 Å². The van der Waals surface area contributed by atoms with Crippen LogP contribution in [0.15, 0.2) is 12.1 Å². The summed E-state index contributed by atoms with van der Waals surface area (Å²) in [6.07, 6.45) is -0.603. The van der Waals surface area contributed by atoms with Gasteiger partial charge in [0.2, 0.25) is 0 Å². The molecule has 0 saturated carbocycles. The number of rotatable bonds is 5. The van der Waals surface area contributed by atoms with Crippen molar-refractivity contribution < 1.29 is 18.3 Å². The van der Waals surface area contributed by atoms with E-state index in [4.69, 9.17) is 10.5 Å². The summed E-state index contributed by atoms with van der Waals surface area (Å²) in [5.74, 6) is -2.58. The number of benzene rings is 1. The Hall–Kier alpha value is -1.69. The van der Waals surface area contributed by atoms with Crippen molar-refractivity contribution >= 4 is 5.91 Å². The van der Waals surface area contributed by atoms with E-state index in [1.54, 1.807) is 21.0 Å². The Bertz CT molecular complexity index is 467. The van der Waals surface area contributed by atoms with Crippen LogP contribution in [-0.2, 0) is 11.2 Å². The van der Waals surface area contributed by atoms with Gasteiger partial charge in [-0.2, -0.15) is 0 Å². The molecule has 1 aromatic rings. The molecular weight excluding hydrogens is 266 g/mol. The number of carbonyl (C=O) groups excluding carboxylic acids is 1.